The molecule has 0 radical (unpaired) electrons. The molecule has 2 N–H and O–H groups in total. The number of aliphatic hydroxyl groups excluding tert-OH is 1. The number of carbonyl (C=O) groups is 1. The molecule has 5 heteroatoms. The summed E-state index contributed by atoms with van der Waals surface area (Å²) in [7, 11) is 0. The van der Waals surface area contributed by atoms with E-state index < -0.39 is 6.10 Å². The average Bonchev–Trinajstić information content (AvgIpc) is 2.87. The van der Waals surface area contributed by atoms with E-state index in [0.717, 1.165) is 12.0 Å². The molecule has 3 nitrogen and oxygen atoms in total. The fraction of sp³-hybridized carbons (Fsp3) is 0.400. The van der Waals surface area contributed by atoms with Gasteiger partial charge in [-0.2, -0.15) is 11.3 Å². The third-order valence-corrected chi connectivity index (χ3v) is 5.49. The molecule has 1 saturated carbocycles. The fourth-order valence-corrected chi connectivity index (χ4v) is 4.13. The third-order valence-electron chi connectivity index (χ3n) is 3.65. The van der Waals surface area contributed by atoms with Crippen molar-refractivity contribution < 1.29 is 9.90 Å². The topological polar surface area (TPSA) is 49.3 Å². The van der Waals surface area contributed by atoms with E-state index in [1.807, 2.05) is 16.8 Å². The molecular formula is C15H17NO2S2. The summed E-state index contributed by atoms with van der Waals surface area (Å²) in [5.41, 5.74) is 0.872. The third kappa shape index (κ3) is 2.95. The van der Waals surface area contributed by atoms with Crippen LogP contribution in [0.15, 0.2) is 29.0 Å². The minimum atomic E-state index is -0.605. The number of amides is 1. The van der Waals surface area contributed by atoms with Gasteiger partial charge < -0.3 is 10.4 Å². The van der Waals surface area contributed by atoms with Crippen LogP contribution < -0.4 is 5.32 Å². The van der Waals surface area contributed by atoms with Gasteiger partial charge in [0.05, 0.1) is 6.10 Å². The quantitative estimate of drug-likeness (QED) is 0.892. The zero-order valence-corrected chi connectivity index (χ0v) is 12.8. The first-order chi connectivity index (χ1) is 9.65. The smallest absolute Gasteiger partial charge is 0.223 e. The van der Waals surface area contributed by atoms with Crippen molar-refractivity contribution in [1.29, 1.82) is 0 Å². The molecule has 2 aromatic heterocycles. The van der Waals surface area contributed by atoms with Gasteiger partial charge in [-0.05, 0) is 47.9 Å². The first-order valence-electron chi connectivity index (χ1n) is 6.69. The maximum atomic E-state index is 12.1. The highest BCUT2D eigenvalue weighted by molar-refractivity contribution is 7.12. The molecule has 0 aromatic carbocycles. The van der Waals surface area contributed by atoms with Crippen LogP contribution in [0.5, 0.6) is 0 Å². The van der Waals surface area contributed by atoms with E-state index in [2.05, 4.69) is 24.4 Å². The lowest BCUT2D eigenvalue weighted by Gasteiger charge is -2.10. The summed E-state index contributed by atoms with van der Waals surface area (Å²) in [6, 6.07) is 6.11. The van der Waals surface area contributed by atoms with Crippen LogP contribution in [0, 0.1) is 12.8 Å². The lowest BCUT2D eigenvalue weighted by molar-refractivity contribution is -0.122. The molecule has 3 atom stereocenters. The lowest BCUT2D eigenvalue weighted by atomic mass is 10.2. The zero-order valence-electron chi connectivity index (χ0n) is 11.2. The predicted octanol–water partition coefficient (Wildman–Crippen LogP) is 3.07. The molecule has 0 bridgehead atoms. The molecule has 1 amide bonds. The van der Waals surface area contributed by atoms with Crippen LogP contribution in [0.4, 0.5) is 0 Å². The largest absolute Gasteiger partial charge is 0.387 e. The van der Waals surface area contributed by atoms with Gasteiger partial charge in [0.1, 0.15) is 0 Å². The van der Waals surface area contributed by atoms with Gasteiger partial charge in [0.2, 0.25) is 5.91 Å². The second-order valence-electron chi connectivity index (χ2n) is 5.21. The second-order valence-corrected chi connectivity index (χ2v) is 7.31. The summed E-state index contributed by atoms with van der Waals surface area (Å²) in [4.78, 5) is 14.7. The highest BCUT2D eigenvalue weighted by atomic mass is 32.1. The number of hydrogen-bond acceptors (Lipinski definition) is 4. The summed E-state index contributed by atoms with van der Waals surface area (Å²) >= 11 is 3.32. The Morgan fingerprint density at radius 3 is 3.00 bits per heavy atom. The van der Waals surface area contributed by atoms with Gasteiger partial charge in [0.25, 0.3) is 0 Å². The Labute approximate surface area is 126 Å². The predicted molar refractivity (Wildman–Crippen MR) is 82.2 cm³/mol. The van der Waals surface area contributed by atoms with Crippen LogP contribution in [-0.2, 0) is 4.79 Å². The van der Waals surface area contributed by atoms with Crippen LogP contribution in [0.2, 0.25) is 0 Å². The first-order valence-corrected chi connectivity index (χ1v) is 8.45. The van der Waals surface area contributed by atoms with E-state index in [-0.39, 0.29) is 11.8 Å². The van der Waals surface area contributed by atoms with E-state index in [0.29, 0.717) is 12.5 Å². The van der Waals surface area contributed by atoms with E-state index in [1.165, 1.54) is 9.75 Å². The van der Waals surface area contributed by atoms with Gasteiger partial charge in [-0.3, -0.25) is 4.79 Å². The van der Waals surface area contributed by atoms with Gasteiger partial charge in [-0.25, -0.2) is 0 Å². The van der Waals surface area contributed by atoms with E-state index in [1.54, 1.807) is 22.7 Å². The molecule has 1 fully saturated rings. The number of aryl methyl sites for hydroxylation is 1. The molecule has 20 heavy (non-hydrogen) atoms. The average molecular weight is 307 g/mol. The second kappa shape index (κ2) is 5.68. The minimum absolute atomic E-state index is 0.0651. The summed E-state index contributed by atoms with van der Waals surface area (Å²) in [5.74, 6) is 0.532. The Morgan fingerprint density at radius 1 is 1.50 bits per heavy atom. The molecule has 1 aliphatic carbocycles. The molecule has 2 aromatic rings. The molecule has 2 heterocycles. The van der Waals surface area contributed by atoms with Crippen LogP contribution in [0.1, 0.15) is 33.8 Å². The maximum absolute atomic E-state index is 12.1. The van der Waals surface area contributed by atoms with Crippen molar-refractivity contribution in [3.63, 3.8) is 0 Å². The summed E-state index contributed by atoms with van der Waals surface area (Å²) in [5, 5.41) is 16.6. The molecule has 106 valence electrons. The molecule has 1 aliphatic rings. The van der Waals surface area contributed by atoms with Crippen LogP contribution in [0.3, 0.4) is 0 Å². The summed E-state index contributed by atoms with van der Waals surface area (Å²) in [6.07, 6.45) is 0.326. The number of carbonyl (C=O) groups excluding carboxylic acids is 1. The normalized spacial score (nSPS) is 22.5. The highest BCUT2D eigenvalue weighted by Crippen LogP contribution is 2.49. The number of nitrogens with one attached hydrogen (secondary N) is 1. The lowest BCUT2D eigenvalue weighted by Crippen LogP contribution is -2.29. The maximum Gasteiger partial charge on any atom is 0.223 e. The van der Waals surface area contributed by atoms with Crippen molar-refractivity contribution >= 4 is 28.6 Å². The van der Waals surface area contributed by atoms with Gasteiger partial charge in [0.15, 0.2) is 0 Å². The Bertz CT molecular complexity index is 591. The molecule has 0 saturated heterocycles. The molecular weight excluding hydrogens is 290 g/mol. The monoisotopic (exact) mass is 307 g/mol. The fourth-order valence-electron chi connectivity index (χ4n) is 2.36. The Balaban J connectivity index is 1.49. The van der Waals surface area contributed by atoms with Gasteiger partial charge in [-0.1, -0.05) is 0 Å². The van der Waals surface area contributed by atoms with Crippen LogP contribution in [-0.4, -0.2) is 17.6 Å². The van der Waals surface area contributed by atoms with Crippen molar-refractivity contribution in [2.24, 2.45) is 5.92 Å². The van der Waals surface area contributed by atoms with E-state index in [4.69, 9.17) is 0 Å². The summed E-state index contributed by atoms with van der Waals surface area (Å²) < 4.78 is 0. The highest BCUT2D eigenvalue weighted by Gasteiger charge is 2.44. The molecule has 0 spiro atoms. The Kier molecular flexibility index (Phi) is 3.92. The molecule has 0 aliphatic heterocycles. The van der Waals surface area contributed by atoms with Crippen molar-refractivity contribution in [1.82, 2.24) is 5.32 Å². The van der Waals surface area contributed by atoms with Crippen molar-refractivity contribution in [2.75, 3.05) is 6.54 Å². The van der Waals surface area contributed by atoms with Crippen molar-refractivity contribution in [3.8, 4) is 0 Å². The van der Waals surface area contributed by atoms with Crippen LogP contribution in [0.25, 0.3) is 0 Å². The standard InChI is InChI=1S/C15H17NO2S2/c1-9-2-3-14(20-9)11-6-12(11)15(18)16-7-13(17)10-4-5-19-8-10/h2-5,8,11-13,17H,6-7H2,1H3,(H,16,18). The number of aliphatic hydroxyl groups is 1. The number of rotatable bonds is 5. The van der Waals surface area contributed by atoms with Gasteiger partial charge in [0, 0.05) is 28.1 Å². The van der Waals surface area contributed by atoms with Gasteiger partial charge in [-0.15, -0.1) is 11.3 Å². The zero-order chi connectivity index (χ0) is 14.1. The molecule has 3 unspecified atom stereocenters. The number of hydrogen-bond donors (Lipinski definition) is 2. The Morgan fingerprint density at radius 2 is 2.35 bits per heavy atom. The van der Waals surface area contributed by atoms with Gasteiger partial charge >= 0.3 is 0 Å². The minimum Gasteiger partial charge on any atom is -0.387 e. The first kappa shape index (κ1) is 13.8. The van der Waals surface area contributed by atoms with E-state index >= 15 is 0 Å². The molecule has 3 rings (SSSR count). The van der Waals surface area contributed by atoms with Crippen molar-refractivity contribution in [2.45, 2.75) is 25.4 Å². The Hall–Kier alpha value is -1.17. The van der Waals surface area contributed by atoms with E-state index in [9.17, 15) is 9.90 Å². The van der Waals surface area contributed by atoms with Crippen LogP contribution >= 0.6 is 22.7 Å². The summed E-state index contributed by atoms with van der Waals surface area (Å²) in [6.45, 7) is 2.38. The van der Waals surface area contributed by atoms with Crippen molar-refractivity contribution in [3.05, 3.63) is 44.3 Å². The number of thiophene rings is 2. The SMILES string of the molecule is Cc1ccc(C2CC2C(=O)NCC(O)c2ccsc2)s1.